The zero-order chi connectivity index (χ0) is 18.3. The van der Waals surface area contributed by atoms with E-state index in [2.05, 4.69) is 15.9 Å². The molecule has 132 valence electrons. The number of benzene rings is 1. The predicted molar refractivity (Wildman–Crippen MR) is 81.8 cm³/mol. The number of rotatable bonds is 3. The van der Waals surface area contributed by atoms with Gasteiger partial charge in [-0.1, -0.05) is 36.7 Å². The van der Waals surface area contributed by atoms with Crippen LogP contribution in [0.25, 0.3) is 0 Å². The number of halogens is 8. The van der Waals surface area contributed by atoms with Crippen LogP contribution < -0.4 is 0 Å². The fourth-order valence-electron chi connectivity index (χ4n) is 1.01. The number of sulfone groups is 2. The topological polar surface area (TPSA) is 68.3 Å². The molecule has 0 saturated carbocycles. The summed E-state index contributed by atoms with van der Waals surface area (Å²) in [6.45, 7) is 0. The van der Waals surface area contributed by atoms with Crippen molar-refractivity contribution in [2.24, 2.45) is 0 Å². The van der Waals surface area contributed by atoms with Crippen LogP contribution in [0.3, 0.4) is 0 Å². The lowest BCUT2D eigenvalue weighted by Crippen LogP contribution is -2.40. The first-order valence-corrected chi connectivity index (χ1v) is 10.9. The van der Waals surface area contributed by atoms with Crippen molar-refractivity contribution in [3.63, 3.8) is 0 Å². The van der Waals surface area contributed by atoms with Crippen molar-refractivity contribution in [3.8, 4) is 0 Å². The van der Waals surface area contributed by atoms with Gasteiger partial charge in [0.15, 0.2) is 0 Å². The molecule has 0 aliphatic heterocycles. The molecule has 0 aromatic heterocycles. The van der Waals surface area contributed by atoms with Crippen LogP contribution in [-0.4, -0.2) is 30.0 Å². The number of hydrogen-bond acceptors (Lipinski definition) is 4. The molecule has 1 aromatic rings. The maximum Gasteiger partial charge on any atom is 0.503 e. The molecule has 0 aliphatic carbocycles. The predicted octanol–water partition coefficient (Wildman–Crippen LogP) is 3.55. The first kappa shape index (κ1) is 20.8. The molecule has 1 aromatic carbocycles. The molecular weight excluding hydrogens is 557 g/mol. The molecule has 0 bridgehead atoms. The van der Waals surface area contributed by atoms with Gasteiger partial charge in [0, 0.05) is 8.04 Å². The zero-order valence-corrected chi connectivity index (χ0v) is 15.7. The van der Waals surface area contributed by atoms with Crippen LogP contribution in [0.2, 0.25) is 0 Å². The Bertz CT molecular complexity index is 778. The fraction of sp³-hybridized carbons (Fsp3) is 0.222. The molecular formula is C9H4BrF6IO4S2. The maximum absolute atomic E-state index is 12.5. The van der Waals surface area contributed by atoms with Crippen LogP contribution in [0.4, 0.5) is 26.3 Å². The van der Waals surface area contributed by atoms with Gasteiger partial charge in [0.25, 0.3) is 19.7 Å². The first-order valence-electron chi connectivity index (χ1n) is 5.01. The molecule has 0 aliphatic rings. The van der Waals surface area contributed by atoms with Crippen molar-refractivity contribution >= 4 is 58.5 Å². The third-order valence-corrected chi connectivity index (χ3v) is 12.2. The highest BCUT2D eigenvalue weighted by Crippen LogP contribution is 2.37. The minimum Gasteiger partial charge on any atom is -0.213 e. The second kappa shape index (κ2) is 6.59. The summed E-state index contributed by atoms with van der Waals surface area (Å²) in [5.74, 6) is 0. The summed E-state index contributed by atoms with van der Waals surface area (Å²) in [6.07, 6.45) is 0. The van der Waals surface area contributed by atoms with Crippen molar-refractivity contribution in [1.29, 1.82) is 0 Å². The molecule has 0 radical (unpaired) electrons. The van der Waals surface area contributed by atoms with E-state index in [1.807, 2.05) is 0 Å². The fourth-order valence-corrected chi connectivity index (χ4v) is 9.22. The van der Waals surface area contributed by atoms with Crippen molar-refractivity contribution in [2.75, 3.05) is 0 Å². The molecule has 0 saturated heterocycles. The van der Waals surface area contributed by atoms with Gasteiger partial charge in [0.2, 0.25) is 2.17 Å². The highest BCUT2D eigenvalue weighted by Gasteiger charge is 2.60. The molecule has 23 heavy (non-hydrogen) atoms. The Labute approximate surface area is 144 Å². The molecule has 0 fully saturated rings. The standard InChI is InChI=1S/C9H4BrF6IO4S2/c10-5-1-3-6(4-2-5)17-7(22(18,19)8(11,12)13)23(20,21)9(14,15)16/h1-4H. The lowest BCUT2D eigenvalue weighted by Gasteiger charge is -2.13. The Hall–Kier alpha value is -0.220. The monoisotopic (exact) mass is 560 g/mol. The maximum atomic E-state index is 12.5. The van der Waals surface area contributed by atoms with E-state index in [9.17, 15) is 43.2 Å². The summed E-state index contributed by atoms with van der Waals surface area (Å²) in [7, 11) is -13.3. The highest BCUT2D eigenvalue weighted by atomic mass is 127. The zero-order valence-electron chi connectivity index (χ0n) is 10.3. The van der Waals surface area contributed by atoms with E-state index in [1.54, 1.807) is 0 Å². The van der Waals surface area contributed by atoms with Gasteiger partial charge in [-0.25, -0.2) is 16.8 Å². The van der Waals surface area contributed by atoms with Crippen LogP contribution >= 0.6 is 36.7 Å². The van der Waals surface area contributed by atoms with Crippen LogP contribution in [0, 0.1) is 3.57 Å². The van der Waals surface area contributed by atoms with E-state index in [4.69, 9.17) is 0 Å². The Morgan fingerprint density at radius 1 is 0.826 bits per heavy atom. The Morgan fingerprint density at radius 2 is 1.17 bits per heavy atom. The first-order chi connectivity index (χ1) is 10.1. The Balaban J connectivity index is 3.75. The van der Waals surface area contributed by atoms with Gasteiger partial charge < -0.3 is 0 Å². The van der Waals surface area contributed by atoms with Gasteiger partial charge in [0.05, 0.1) is 0 Å². The van der Waals surface area contributed by atoms with Gasteiger partial charge in [-0.15, -0.1) is 0 Å². The Kier molecular flexibility index (Phi) is 5.97. The molecule has 0 unspecified atom stereocenters. The van der Waals surface area contributed by atoms with E-state index < -0.39 is 53.6 Å². The summed E-state index contributed by atoms with van der Waals surface area (Å²) >= 11 is 0.180. The minimum absolute atomic E-state index is 0.248. The van der Waals surface area contributed by atoms with Crippen LogP contribution in [0.15, 0.2) is 28.7 Å². The number of hydrogen-bond donors (Lipinski definition) is 0. The average molecular weight is 561 g/mol. The van der Waals surface area contributed by atoms with Crippen LogP contribution in [-0.2, 0) is 19.7 Å². The molecule has 1 rings (SSSR count). The van der Waals surface area contributed by atoms with Crippen molar-refractivity contribution in [3.05, 3.63) is 32.3 Å². The van der Waals surface area contributed by atoms with E-state index in [-0.39, 0.29) is 3.57 Å². The molecule has 0 atom stereocenters. The van der Waals surface area contributed by atoms with E-state index in [1.165, 1.54) is 12.1 Å². The molecule has 4 nitrogen and oxygen atoms in total. The lowest BCUT2D eigenvalue weighted by atomic mass is 10.4. The summed E-state index contributed by atoms with van der Waals surface area (Å²) in [5.41, 5.74) is -12.3. The SMILES string of the molecule is O=S(=O)(C(=Ic1ccc(Br)cc1)S(=O)(=O)C(F)(F)F)C(F)(F)F. The third-order valence-electron chi connectivity index (χ3n) is 2.02. The normalized spacial score (nSPS) is 13.9. The smallest absolute Gasteiger partial charge is 0.213 e. The molecule has 0 heterocycles. The molecule has 0 spiro atoms. The average Bonchev–Trinajstić information content (AvgIpc) is 2.34. The largest absolute Gasteiger partial charge is 0.503 e. The molecule has 0 amide bonds. The summed E-state index contributed by atoms with van der Waals surface area (Å²) in [6, 6.07) is 4.53. The highest BCUT2D eigenvalue weighted by molar-refractivity contribution is 14.2. The summed E-state index contributed by atoms with van der Waals surface area (Å²) in [4.78, 5) is 0. The van der Waals surface area contributed by atoms with Gasteiger partial charge in [-0.3, -0.25) is 0 Å². The quantitative estimate of drug-likeness (QED) is 0.419. The third kappa shape index (κ3) is 4.45. The molecule has 14 heteroatoms. The van der Waals surface area contributed by atoms with Crippen molar-refractivity contribution in [1.82, 2.24) is 0 Å². The van der Waals surface area contributed by atoms with E-state index in [0.29, 0.717) is 4.47 Å². The van der Waals surface area contributed by atoms with Gasteiger partial charge in [0.1, 0.15) is 0 Å². The van der Waals surface area contributed by atoms with Gasteiger partial charge >= 0.3 is 11.0 Å². The van der Waals surface area contributed by atoms with Crippen molar-refractivity contribution in [2.45, 2.75) is 11.0 Å². The molecule has 0 N–H and O–H groups in total. The lowest BCUT2D eigenvalue weighted by molar-refractivity contribution is -0.0426. The van der Waals surface area contributed by atoms with Crippen LogP contribution in [0.1, 0.15) is 0 Å². The Morgan fingerprint density at radius 3 is 1.48 bits per heavy atom. The van der Waals surface area contributed by atoms with E-state index in [0.717, 1.165) is 12.1 Å². The second-order valence-electron chi connectivity index (χ2n) is 3.67. The number of alkyl halides is 6. The second-order valence-corrected chi connectivity index (χ2v) is 12.9. The minimum atomic E-state index is -6.64. The van der Waals surface area contributed by atoms with Crippen molar-refractivity contribution < 1.29 is 43.2 Å². The van der Waals surface area contributed by atoms with Crippen LogP contribution in [0.5, 0.6) is 0 Å². The van der Waals surface area contributed by atoms with Gasteiger partial charge in [-0.2, -0.15) is 26.3 Å². The summed E-state index contributed by atoms with van der Waals surface area (Å²) in [5, 5.41) is 0. The van der Waals surface area contributed by atoms with Gasteiger partial charge in [-0.05, 0) is 24.3 Å². The van der Waals surface area contributed by atoms with E-state index >= 15 is 0 Å². The summed E-state index contributed by atoms with van der Waals surface area (Å²) < 4.78 is 118.